The van der Waals surface area contributed by atoms with Crippen molar-refractivity contribution >= 4 is 17.9 Å². The first kappa shape index (κ1) is 12.2. The molecule has 0 amide bonds. The topological polar surface area (TPSA) is 17.1 Å². The first-order valence-corrected chi connectivity index (χ1v) is 4.89. The highest BCUT2D eigenvalue weighted by Crippen LogP contribution is 2.10. The van der Waals surface area contributed by atoms with Gasteiger partial charge in [0.25, 0.3) is 0 Å². The van der Waals surface area contributed by atoms with Gasteiger partial charge in [-0.2, -0.15) is 0 Å². The predicted octanol–water partition coefficient (Wildman–Crippen LogP) is 3.50. The molecule has 2 heteroatoms. The van der Waals surface area contributed by atoms with Crippen molar-refractivity contribution in [2.24, 2.45) is 0 Å². The molecule has 1 aromatic carbocycles. The molecule has 1 aromatic rings. The van der Waals surface area contributed by atoms with Gasteiger partial charge in [0.05, 0.1) is 0 Å². The largest absolute Gasteiger partial charge is 0.303 e. The second-order valence-electron chi connectivity index (χ2n) is 2.33. The number of rotatable bonds is 3. The fraction of sp³-hybridized carbons (Fsp3) is 0.364. The van der Waals surface area contributed by atoms with E-state index in [0.717, 1.165) is 23.3 Å². The van der Waals surface area contributed by atoms with Gasteiger partial charge in [0.15, 0.2) is 0 Å². The number of halogens is 1. The Morgan fingerprint density at radius 2 is 1.77 bits per heavy atom. The molecule has 0 unspecified atom stereocenters. The van der Waals surface area contributed by atoms with Gasteiger partial charge in [0, 0.05) is 11.4 Å². The Morgan fingerprint density at radius 1 is 1.23 bits per heavy atom. The summed E-state index contributed by atoms with van der Waals surface area (Å²) in [6.07, 6.45) is 2.32. The monoisotopic (exact) mass is 198 g/mol. The second-order valence-corrected chi connectivity index (χ2v) is 2.77. The van der Waals surface area contributed by atoms with E-state index >= 15 is 0 Å². The van der Waals surface area contributed by atoms with E-state index in [9.17, 15) is 4.79 Å². The number of carbonyl (C=O) groups is 1. The van der Waals surface area contributed by atoms with Crippen LogP contribution in [0.4, 0.5) is 0 Å². The van der Waals surface area contributed by atoms with Gasteiger partial charge in [0.2, 0.25) is 0 Å². The Hall–Kier alpha value is -0.820. The minimum absolute atomic E-state index is 0.585. The van der Waals surface area contributed by atoms with Crippen LogP contribution in [0.25, 0.3) is 0 Å². The fourth-order valence-electron chi connectivity index (χ4n) is 0.877. The van der Waals surface area contributed by atoms with Gasteiger partial charge >= 0.3 is 0 Å². The Balaban J connectivity index is 0.000000671. The number of hydrogen-bond donors (Lipinski definition) is 0. The molecular formula is C11H15ClO. The lowest BCUT2D eigenvalue weighted by atomic mass is 10.1. The molecule has 0 fully saturated rings. The molecule has 0 spiro atoms. The van der Waals surface area contributed by atoms with Crippen LogP contribution in [0.1, 0.15) is 25.8 Å². The quantitative estimate of drug-likeness (QED) is 0.680. The third-order valence-corrected chi connectivity index (χ3v) is 1.72. The molecule has 0 aliphatic heterocycles. The lowest BCUT2D eigenvalue weighted by molar-refractivity contribution is -0.107. The molecule has 0 aromatic heterocycles. The summed E-state index contributed by atoms with van der Waals surface area (Å²) in [4.78, 5) is 10.0. The fourth-order valence-corrected chi connectivity index (χ4v) is 1.00. The van der Waals surface area contributed by atoms with E-state index in [1.54, 1.807) is 0 Å². The smallest absolute Gasteiger partial charge is 0.120 e. The molecular weight excluding hydrogens is 184 g/mol. The van der Waals surface area contributed by atoms with Crippen molar-refractivity contribution in [3.8, 4) is 0 Å². The van der Waals surface area contributed by atoms with Crippen LogP contribution < -0.4 is 0 Å². The van der Waals surface area contributed by atoms with E-state index in [0.29, 0.717) is 6.42 Å². The summed E-state index contributed by atoms with van der Waals surface area (Å²) < 4.78 is 0. The zero-order valence-electron chi connectivity index (χ0n) is 8.09. The van der Waals surface area contributed by atoms with Gasteiger partial charge in [-0.25, -0.2) is 0 Å². The van der Waals surface area contributed by atoms with Gasteiger partial charge in [-0.05, 0) is 24.1 Å². The summed E-state index contributed by atoms with van der Waals surface area (Å²) in [6, 6.07) is 7.54. The maximum atomic E-state index is 10.0. The number of hydrogen-bond acceptors (Lipinski definition) is 1. The zero-order valence-corrected chi connectivity index (χ0v) is 8.84. The Bertz CT molecular complexity index is 228. The first-order chi connectivity index (χ1) is 6.33. The van der Waals surface area contributed by atoms with Crippen LogP contribution in [0.15, 0.2) is 24.3 Å². The number of aldehydes is 1. The lowest BCUT2D eigenvalue weighted by Crippen LogP contribution is -1.84. The zero-order chi connectivity index (χ0) is 10.1. The van der Waals surface area contributed by atoms with Crippen molar-refractivity contribution in [3.05, 3.63) is 34.9 Å². The summed E-state index contributed by atoms with van der Waals surface area (Å²) in [5.41, 5.74) is 1.15. The summed E-state index contributed by atoms with van der Waals surface area (Å²) in [7, 11) is 0. The SMILES string of the molecule is CC.O=CCCc1ccc(Cl)cc1. The van der Waals surface area contributed by atoms with Crippen LogP contribution >= 0.6 is 11.6 Å². The molecule has 1 rings (SSSR count). The third-order valence-electron chi connectivity index (χ3n) is 1.46. The summed E-state index contributed by atoms with van der Waals surface area (Å²) >= 11 is 5.68. The average Bonchev–Trinajstić information content (AvgIpc) is 2.20. The van der Waals surface area contributed by atoms with Crippen LogP contribution in [0.2, 0.25) is 5.02 Å². The van der Waals surface area contributed by atoms with Crippen LogP contribution in [0, 0.1) is 0 Å². The number of aryl methyl sites for hydroxylation is 1. The highest BCUT2D eigenvalue weighted by molar-refractivity contribution is 6.30. The van der Waals surface area contributed by atoms with Gasteiger partial charge in [-0.1, -0.05) is 37.6 Å². The highest BCUT2D eigenvalue weighted by Gasteiger charge is 1.91. The van der Waals surface area contributed by atoms with E-state index < -0.39 is 0 Å². The Labute approximate surface area is 84.7 Å². The minimum Gasteiger partial charge on any atom is -0.303 e. The summed E-state index contributed by atoms with van der Waals surface area (Å²) in [5, 5.41) is 0.736. The molecule has 0 saturated carbocycles. The molecule has 13 heavy (non-hydrogen) atoms. The van der Waals surface area contributed by atoms with E-state index in [-0.39, 0.29) is 0 Å². The van der Waals surface area contributed by atoms with Crippen molar-refractivity contribution < 1.29 is 4.79 Å². The molecule has 0 radical (unpaired) electrons. The van der Waals surface area contributed by atoms with Gasteiger partial charge in [-0.15, -0.1) is 0 Å². The van der Waals surface area contributed by atoms with E-state index in [4.69, 9.17) is 11.6 Å². The molecule has 0 saturated heterocycles. The van der Waals surface area contributed by atoms with Gasteiger partial charge < -0.3 is 4.79 Å². The average molecular weight is 199 g/mol. The molecule has 0 bridgehead atoms. The minimum atomic E-state index is 0.585. The van der Waals surface area contributed by atoms with Crippen LogP contribution in [0.5, 0.6) is 0 Å². The molecule has 0 atom stereocenters. The highest BCUT2D eigenvalue weighted by atomic mass is 35.5. The maximum absolute atomic E-state index is 10.0. The normalized spacial score (nSPS) is 8.54. The second kappa shape index (κ2) is 7.81. The summed E-state index contributed by atoms with van der Waals surface area (Å²) in [5.74, 6) is 0. The molecule has 0 aliphatic rings. The van der Waals surface area contributed by atoms with E-state index in [1.165, 1.54) is 0 Å². The third kappa shape index (κ3) is 5.42. The Kier molecular flexibility index (Phi) is 7.32. The van der Waals surface area contributed by atoms with E-state index in [1.807, 2.05) is 38.1 Å². The maximum Gasteiger partial charge on any atom is 0.120 e. The molecule has 72 valence electrons. The number of carbonyl (C=O) groups excluding carboxylic acids is 1. The van der Waals surface area contributed by atoms with Crippen LogP contribution in [-0.4, -0.2) is 6.29 Å². The van der Waals surface area contributed by atoms with Crippen LogP contribution in [-0.2, 0) is 11.2 Å². The molecule has 1 nitrogen and oxygen atoms in total. The molecule has 0 heterocycles. The van der Waals surface area contributed by atoms with Crippen molar-refractivity contribution in [1.29, 1.82) is 0 Å². The predicted molar refractivity (Wildman–Crippen MR) is 57.2 cm³/mol. The summed E-state index contributed by atoms with van der Waals surface area (Å²) in [6.45, 7) is 4.00. The first-order valence-electron chi connectivity index (χ1n) is 4.51. The van der Waals surface area contributed by atoms with E-state index in [2.05, 4.69) is 0 Å². The molecule has 0 N–H and O–H groups in total. The standard InChI is InChI=1S/C9H9ClO.C2H6/c10-9-5-3-8(4-6-9)2-1-7-11;1-2/h3-7H,1-2H2;1-2H3. The van der Waals surface area contributed by atoms with Crippen molar-refractivity contribution in [3.63, 3.8) is 0 Å². The Morgan fingerprint density at radius 3 is 2.23 bits per heavy atom. The van der Waals surface area contributed by atoms with Gasteiger partial charge in [-0.3, -0.25) is 0 Å². The van der Waals surface area contributed by atoms with Crippen molar-refractivity contribution in [1.82, 2.24) is 0 Å². The van der Waals surface area contributed by atoms with Gasteiger partial charge in [0.1, 0.15) is 6.29 Å². The lowest BCUT2D eigenvalue weighted by Gasteiger charge is -1.95. The number of benzene rings is 1. The van der Waals surface area contributed by atoms with Crippen molar-refractivity contribution in [2.45, 2.75) is 26.7 Å². The van der Waals surface area contributed by atoms with Crippen molar-refractivity contribution in [2.75, 3.05) is 0 Å². The van der Waals surface area contributed by atoms with Crippen LogP contribution in [0.3, 0.4) is 0 Å². The molecule has 0 aliphatic carbocycles.